The predicted octanol–water partition coefficient (Wildman–Crippen LogP) is 2.58. The molecule has 1 fully saturated rings. The van der Waals surface area contributed by atoms with Crippen molar-refractivity contribution in [2.24, 2.45) is 5.92 Å². The normalized spacial score (nSPS) is 16.4. The summed E-state index contributed by atoms with van der Waals surface area (Å²) >= 11 is 0. The summed E-state index contributed by atoms with van der Waals surface area (Å²) in [5.74, 6) is 0.0533. The van der Waals surface area contributed by atoms with Gasteiger partial charge >= 0.3 is 5.97 Å². The van der Waals surface area contributed by atoms with Crippen molar-refractivity contribution in [3.8, 4) is 5.75 Å². The van der Waals surface area contributed by atoms with Gasteiger partial charge in [-0.25, -0.2) is 0 Å². The summed E-state index contributed by atoms with van der Waals surface area (Å²) in [6, 6.07) is 8.52. The molecule has 7 heteroatoms. The Morgan fingerprint density at radius 3 is 2.78 bits per heavy atom. The van der Waals surface area contributed by atoms with E-state index in [2.05, 4.69) is 0 Å². The fourth-order valence-corrected chi connectivity index (χ4v) is 3.05. The van der Waals surface area contributed by atoms with Crippen LogP contribution in [0, 0.1) is 5.92 Å². The van der Waals surface area contributed by atoms with Gasteiger partial charge in [-0.1, -0.05) is 0 Å². The van der Waals surface area contributed by atoms with E-state index in [1.165, 1.54) is 14.0 Å². The molecule has 7 nitrogen and oxygen atoms in total. The summed E-state index contributed by atoms with van der Waals surface area (Å²) in [5, 5.41) is 0. The second-order valence-corrected chi connectivity index (χ2v) is 6.45. The number of esters is 1. The average Bonchev–Trinajstić information content (AvgIpc) is 3.30. The summed E-state index contributed by atoms with van der Waals surface area (Å²) in [5.41, 5.74) is 1.12. The molecule has 0 spiro atoms. The number of nitrogens with zero attached hydrogens (tertiary/aromatic N) is 1. The molecule has 3 rings (SSSR count). The van der Waals surface area contributed by atoms with Gasteiger partial charge in [-0.3, -0.25) is 14.4 Å². The Morgan fingerprint density at radius 1 is 1.30 bits per heavy atom. The van der Waals surface area contributed by atoms with Gasteiger partial charge in [-0.15, -0.1) is 0 Å². The van der Waals surface area contributed by atoms with Gasteiger partial charge in [0.25, 0.3) is 0 Å². The van der Waals surface area contributed by atoms with E-state index < -0.39 is 11.9 Å². The van der Waals surface area contributed by atoms with Crippen LogP contribution < -0.4 is 4.74 Å². The van der Waals surface area contributed by atoms with Crippen LogP contribution in [0.2, 0.25) is 0 Å². The lowest BCUT2D eigenvalue weighted by Crippen LogP contribution is -2.26. The number of benzene rings is 1. The fourth-order valence-electron chi connectivity index (χ4n) is 3.05. The first kappa shape index (κ1) is 18.7. The largest absolute Gasteiger partial charge is 0.496 e. The number of ether oxygens (including phenoxy) is 2. The molecule has 2 aromatic rings. The van der Waals surface area contributed by atoms with Crippen LogP contribution in [-0.4, -0.2) is 36.2 Å². The monoisotopic (exact) mass is 371 g/mol. The minimum atomic E-state index is -0.519. The van der Waals surface area contributed by atoms with E-state index in [4.69, 9.17) is 13.9 Å². The van der Waals surface area contributed by atoms with Crippen molar-refractivity contribution in [3.63, 3.8) is 0 Å². The number of furan rings is 1. The van der Waals surface area contributed by atoms with E-state index in [1.54, 1.807) is 41.5 Å². The first-order chi connectivity index (χ1) is 13.0. The Hall–Kier alpha value is -3.09. The lowest BCUT2D eigenvalue weighted by molar-refractivity contribution is -0.149. The van der Waals surface area contributed by atoms with Gasteiger partial charge in [0.15, 0.2) is 5.78 Å². The van der Waals surface area contributed by atoms with Gasteiger partial charge in [0.1, 0.15) is 18.1 Å². The molecule has 1 aliphatic rings. The van der Waals surface area contributed by atoms with Crippen LogP contribution in [0.5, 0.6) is 5.75 Å². The van der Waals surface area contributed by atoms with Crippen LogP contribution in [0.1, 0.15) is 35.0 Å². The van der Waals surface area contributed by atoms with Crippen LogP contribution in [0.25, 0.3) is 0 Å². The number of ketones is 1. The van der Waals surface area contributed by atoms with Crippen molar-refractivity contribution in [2.45, 2.75) is 26.5 Å². The molecular formula is C20H21NO6. The number of hydrogen-bond donors (Lipinski definition) is 0. The smallest absolute Gasteiger partial charge is 0.311 e. The molecule has 0 unspecified atom stereocenters. The highest BCUT2D eigenvalue weighted by molar-refractivity contribution is 5.94. The van der Waals surface area contributed by atoms with Crippen LogP contribution >= 0.6 is 0 Å². The van der Waals surface area contributed by atoms with Crippen molar-refractivity contribution in [1.82, 2.24) is 4.90 Å². The van der Waals surface area contributed by atoms with Crippen LogP contribution in [-0.2, 0) is 27.5 Å². The summed E-state index contributed by atoms with van der Waals surface area (Å²) in [6.45, 7) is 2.08. The zero-order chi connectivity index (χ0) is 19.4. The summed E-state index contributed by atoms with van der Waals surface area (Å²) in [6.07, 6.45) is 1.66. The number of methoxy groups -OCH3 is 1. The molecule has 27 heavy (non-hydrogen) atoms. The quantitative estimate of drug-likeness (QED) is 0.549. The molecule has 1 aromatic heterocycles. The number of amides is 1. The molecule has 142 valence electrons. The lowest BCUT2D eigenvalue weighted by Gasteiger charge is -2.15. The van der Waals surface area contributed by atoms with Gasteiger partial charge in [-0.2, -0.15) is 0 Å². The summed E-state index contributed by atoms with van der Waals surface area (Å²) < 4.78 is 15.9. The zero-order valence-corrected chi connectivity index (χ0v) is 15.3. The van der Waals surface area contributed by atoms with E-state index >= 15 is 0 Å². The first-order valence-electron chi connectivity index (χ1n) is 8.62. The number of Topliss-reactive ketones (excluding diaryl/α,β-unsaturated/α-hetero) is 1. The van der Waals surface area contributed by atoms with Gasteiger partial charge in [0.2, 0.25) is 5.91 Å². The van der Waals surface area contributed by atoms with Crippen molar-refractivity contribution in [3.05, 3.63) is 53.5 Å². The number of rotatable bonds is 7. The van der Waals surface area contributed by atoms with E-state index in [9.17, 15) is 14.4 Å². The van der Waals surface area contributed by atoms with Gasteiger partial charge < -0.3 is 18.8 Å². The second kappa shape index (κ2) is 8.07. The molecular weight excluding hydrogens is 350 g/mol. The average molecular weight is 371 g/mol. The SMILES string of the molecule is COc1ccc(C(C)=O)cc1COC(=O)[C@@H]1CC(=O)N(Cc2ccco2)C1. The summed E-state index contributed by atoms with van der Waals surface area (Å²) in [7, 11) is 1.51. The maximum atomic E-state index is 12.4. The molecule has 2 heterocycles. The Kier molecular flexibility index (Phi) is 5.59. The Morgan fingerprint density at radius 2 is 2.11 bits per heavy atom. The van der Waals surface area contributed by atoms with Gasteiger partial charge in [0.05, 0.1) is 25.8 Å². The van der Waals surface area contributed by atoms with Gasteiger partial charge in [0, 0.05) is 24.1 Å². The van der Waals surface area contributed by atoms with E-state index in [-0.39, 0.29) is 24.7 Å². The molecule has 0 aliphatic carbocycles. The molecule has 1 aliphatic heterocycles. The fraction of sp³-hybridized carbons (Fsp3) is 0.350. The van der Waals surface area contributed by atoms with Gasteiger partial charge in [-0.05, 0) is 37.3 Å². The van der Waals surface area contributed by atoms with Crippen LogP contribution in [0.4, 0.5) is 0 Å². The molecule has 0 radical (unpaired) electrons. The van der Waals surface area contributed by atoms with Crippen LogP contribution in [0.15, 0.2) is 41.0 Å². The molecule has 0 saturated carbocycles. The molecule has 1 saturated heterocycles. The Bertz CT molecular complexity index is 842. The number of carbonyl (C=O) groups excluding carboxylic acids is 3. The number of carbonyl (C=O) groups is 3. The highest BCUT2D eigenvalue weighted by atomic mass is 16.5. The maximum Gasteiger partial charge on any atom is 0.311 e. The predicted molar refractivity (Wildman–Crippen MR) is 95.0 cm³/mol. The minimum Gasteiger partial charge on any atom is -0.496 e. The van der Waals surface area contributed by atoms with Crippen molar-refractivity contribution < 1.29 is 28.3 Å². The minimum absolute atomic E-state index is 0.0218. The third-order valence-electron chi connectivity index (χ3n) is 4.53. The maximum absolute atomic E-state index is 12.4. The number of hydrogen-bond acceptors (Lipinski definition) is 6. The molecule has 0 N–H and O–H groups in total. The standard InChI is InChI=1S/C20H21NO6/c1-13(22)14-5-6-18(25-2)16(8-14)12-27-20(24)15-9-19(23)21(10-15)11-17-4-3-7-26-17/h3-8,15H,9-12H2,1-2H3/t15-/m1/s1. The van der Waals surface area contributed by atoms with E-state index in [1.807, 2.05) is 0 Å². The first-order valence-corrected chi connectivity index (χ1v) is 8.62. The topological polar surface area (TPSA) is 86.0 Å². The Labute approximate surface area is 156 Å². The van der Waals surface area contributed by atoms with Crippen molar-refractivity contribution in [1.29, 1.82) is 0 Å². The lowest BCUT2D eigenvalue weighted by atomic mass is 10.1. The van der Waals surface area contributed by atoms with Crippen molar-refractivity contribution >= 4 is 17.7 Å². The van der Waals surface area contributed by atoms with Crippen molar-refractivity contribution in [2.75, 3.05) is 13.7 Å². The molecule has 0 bridgehead atoms. The molecule has 1 amide bonds. The second-order valence-electron chi connectivity index (χ2n) is 6.45. The third-order valence-corrected chi connectivity index (χ3v) is 4.53. The van der Waals surface area contributed by atoms with E-state index in [0.29, 0.717) is 35.7 Å². The highest BCUT2D eigenvalue weighted by Crippen LogP contribution is 2.24. The molecule has 1 atom stereocenters. The highest BCUT2D eigenvalue weighted by Gasteiger charge is 2.35. The van der Waals surface area contributed by atoms with E-state index in [0.717, 1.165) is 0 Å². The third kappa shape index (κ3) is 4.36. The zero-order valence-electron chi connectivity index (χ0n) is 15.3. The number of likely N-dealkylation sites (tertiary alicyclic amines) is 1. The van der Waals surface area contributed by atoms with Crippen LogP contribution in [0.3, 0.4) is 0 Å². The Balaban J connectivity index is 1.60. The molecule has 1 aromatic carbocycles. The summed E-state index contributed by atoms with van der Waals surface area (Å²) in [4.78, 5) is 37.7.